The van der Waals surface area contributed by atoms with Gasteiger partial charge in [0.05, 0.1) is 22.7 Å². The highest BCUT2D eigenvalue weighted by atomic mass is 16.6. The quantitative estimate of drug-likeness (QED) is 0.0436. The Bertz CT molecular complexity index is 3520. The van der Waals surface area contributed by atoms with Gasteiger partial charge < -0.3 is 18.9 Å². The molecule has 0 unspecified atom stereocenters. The van der Waals surface area contributed by atoms with Crippen LogP contribution in [0.2, 0.25) is 0 Å². The lowest BCUT2D eigenvalue weighted by atomic mass is 10.1. The van der Waals surface area contributed by atoms with Gasteiger partial charge in [0.25, 0.3) is 0 Å². The Morgan fingerprint density at radius 2 is 0.702 bits per heavy atom. The monoisotopic (exact) mass is 1140 g/mol. The number of benzene rings is 6. The normalized spacial score (nSPS) is 12.1. The number of rotatable bonds is 15. The summed E-state index contributed by atoms with van der Waals surface area (Å²) in [4.78, 5) is 68.5. The summed E-state index contributed by atoms with van der Waals surface area (Å²) in [6.07, 6.45) is 2.95. The minimum absolute atomic E-state index is 0.415. The molecule has 16 nitrogen and oxygen atoms in total. The number of unbranched alkanes of at least 4 members (excludes halogenated alkanes) is 5. The Morgan fingerprint density at radius 3 is 1.02 bits per heavy atom. The van der Waals surface area contributed by atoms with Crippen molar-refractivity contribution < 1.29 is 47.3 Å². The van der Waals surface area contributed by atoms with Crippen molar-refractivity contribution in [3.05, 3.63) is 131 Å². The van der Waals surface area contributed by atoms with E-state index in [4.69, 9.17) is 28.9 Å². The summed E-state index contributed by atoms with van der Waals surface area (Å²) in [5.41, 5.74) is 10.9. The van der Waals surface area contributed by atoms with Crippen molar-refractivity contribution in [1.29, 1.82) is 0 Å². The topological polar surface area (TPSA) is 169 Å². The number of aromatic nitrogens is 4. The van der Waals surface area contributed by atoms with Crippen molar-refractivity contribution >= 4 is 91.3 Å². The Morgan fingerprint density at radius 1 is 0.405 bits per heavy atom. The van der Waals surface area contributed by atoms with Crippen LogP contribution in [-0.2, 0) is 18.9 Å². The van der Waals surface area contributed by atoms with Crippen LogP contribution in [0.5, 0.6) is 0 Å². The maximum absolute atomic E-state index is 14.3. The van der Waals surface area contributed by atoms with E-state index < -0.39 is 46.8 Å². The van der Waals surface area contributed by atoms with Crippen LogP contribution in [0.4, 0.5) is 41.9 Å². The van der Waals surface area contributed by atoms with Gasteiger partial charge in [0, 0.05) is 61.6 Å². The Balaban J connectivity index is 1.03. The summed E-state index contributed by atoms with van der Waals surface area (Å²) in [7, 11) is 0. The molecule has 6 aromatic carbocycles. The fraction of sp³-hybridized carbons (Fsp3) is 0.412. The molecule has 0 aliphatic carbocycles. The second-order valence-electron chi connectivity index (χ2n) is 25.8. The van der Waals surface area contributed by atoms with Crippen molar-refractivity contribution in [3.63, 3.8) is 0 Å². The molecule has 442 valence electrons. The Labute approximate surface area is 494 Å². The number of anilines is 4. The number of fused-ring (bicyclic) bond motifs is 4. The summed E-state index contributed by atoms with van der Waals surface area (Å²) >= 11 is 0. The van der Waals surface area contributed by atoms with Crippen LogP contribution in [0.3, 0.4) is 0 Å². The van der Waals surface area contributed by atoms with Gasteiger partial charge in [0.15, 0.2) is 0 Å². The third-order valence-corrected chi connectivity index (χ3v) is 13.8. The van der Waals surface area contributed by atoms with E-state index in [1.165, 1.54) is 0 Å². The molecule has 0 atom stereocenters. The molecule has 8 aromatic rings. The molecule has 0 aliphatic heterocycles. The number of para-hydroxylation sites is 2. The number of hydrogen-bond acceptors (Lipinski definition) is 10. The van der Waals surface area contributed by atoms with E-state index in [0.29, 0.717) is 48.7 Å². The van der Waals surface area contributed by atoms with Crippen LogP contribution in [0, 0.1) is 27.7 Å². The summed E-state index contributed by atoms with van der Waals surface area (Å²) in [6, 6.07) is 35.8. The molecule has 84 heavy (non-hydrogen) atoms. The average molecular weight is 1140 g/mol. The largest absolute Gasteiger partial charge is 0.444 e. The highest BCUT2D eigenvalue weighted by Crippen LogP contribution is 2.33. The molecule has 4 amide bonds. The van der Waals surface area contributed by atoms with Crippen LogP contribution < -0.4 is 29.6 Å². The van der Waals surface area contributed by atoms with Crippen LogP contribution in [-0.4, -0.2) is 69.8 Å². The second-order valence-corrected chi connectivity index (χ2v) is 25.8. The first-order valence-electron chi connectivity index (χ1n) is 29.2. The van der Waals surface area contributed by atoms with Gasteiger partial charge >= 0.3 is 24.4 Å². The average Bonchev–Trinajstić information content (AvgIpc) is 1.45. The minimum Gasteiger partial charge on any atom is -0.444 e. The van der Waals surface area contributed by atoms with Crippen molar-refractivity contribution in [3.8, 4) is 11.4 Å². The zero-order valence-corrected chi connectivity index (χ0v) is 52.0. The zero-order chi connectivity index (χ0) is 61.1. The predicted molar refractivity (Wildman–Crippen MR) is 335 cm³/mol. The molecule has 8 rings (SSSR count). The molecule has 2 N–H and O–H groups in total. The number of carbonyl (C=O) groups excluding carboxylic acids is 4. The molecule has 0 saturated carbocycles. The van der Waals surface area contributed by atoms with Crippen molar-refractivity contribution in [2.75, 3.05) is 33.5 Å². The highest BCUT2D eigenvalue weighted by molar-refractivity contribution is 5.97. The first-order valence-corrected chi connectivity index (χ1v) is 29.2. The maximum atomic E-state index is 14.3. The van der Waals surface area contributed by atoms with Crippen LogP contribution in [0.15, 0.2) is 109 Å². The smallest absolute Gasteiger partial charge is 0.414 e. The molecular weight excluding hydrogens is 1060 g/mol. The summed E-state index contributed by atoms with van der Waals surface area (Å²) in [6.45, 7) is 30.9. The number of amides is 4. The fourth-order valence-corrected chi connectivity index (χ4v) is 10.2. The summed E-state index contributed by atoms with van der Waals surface area (Å²) < 4.78 is 27.6. The first-order chi connectivity index (χ1) is 39.4. The molecule has 2 heterocycles. The van der Waals surface area contributed by atoms with E-state index in [2.05, 4.69) is 19.8 Å². The lowest BCUT2D eigenvalue weighted by Gasteiger charge is -2.29. The van der Waals surface area contributed by atoms with Crippen LogP contribution in [0.25, 0.3) is 55.5 Å². The number of nitrogens with one attached hydrogen (secondary N) is 2. The highest BCUT2D eigenvalue weighted by Gasteiger charge is 2.31. The van der Waals surface area contributed by atoms with Gasteiger partial charge in [-0.15, -0.1) is 9.13 Å². The minimum atomic E-state index is -0.741. The zero-order valence-electron chi connectivity index (χ0n) is 52.0. The maximum Gasteiger partial charge on any atom is 0.414 e. The number of nitrogens with zero attached hydrogens (tertiary/aromatic N) is 6. The number of ether oxygens (including phenoxy) is 4. The van der Waals surface area contributed by atoms with E-state index in [1.807, 2.05) is 220 Å². The number of carbonyl (C=O) groups is 4. The molecule has 0 saturated heterocycles. The van der Waals surface area contributed by atoms with Gasteiger partial charge in [-0.1, -0.05) is 62.1 Å². The van der Waals surface area contributed by atoms with Gasteiger partial charge in [-0.25, -0.2) is 29.1 Å². The second kappa shape index (κ2) is 24.8. The molecule has 16 heteroatoms. The van der Waals surface area contributed by atoms with E-state index in [1.54, 1.807) is 9.80 Å². The third kappa shape index (κ3) is 15.4. The van der Waals surface area contributed by atoms with E-state index >= 15 is 0 Å². The Hall–Kier alpha value is -8.40. The standard InChI is InChI=1S/C68H82N8O8/c1-43-35-51-57(39-49(43)71-61(77)81-65(5,6)7)75(47-29-23-21-24-30-47)59-41-55(45(3)37-53(59)69-51)73(63(79)83-67(11,12)13)33-27-19-17-18-20-28-34-74(64(80)84-68(14,15)16)56-42-60-54(38-46(56)4)70-52-36-44(2)50(72-62(78)82-66(8,9)10)40-58(52)76(60)48-31-25-22-26-32-48/h21-26,29-32,35-42H,17-20,27-28,33-34H2,1-16H3/p+2. The fourth-order valence-electron chi connectivity index (χ4n) is 10.2. The van der Waals surface area contributed by atoms with E-state index in [-0.39, 0.29) is 0 Å². The summed E-state index contributed by atoms with van der Waals surface area (Å²) in [5.74, 6) is 0. The molecule has 0 spiro atoms. The van der Waals surface area contributed by atoms with Gasteiger partial charge in [-0.3, -0.25) is 20.4 Å². The van der Waals surface area contributed by atoms with Gasteiger partial charge in [0.2, 0.25) is 33.4 Å². The van der Waals surface area contributed by atoms with Crippen LogP contribution in [0.1, 0.15) is 144 Å². The molecular formula is C68H84N8O8+2. The third-order valence-electron chi connectivity index (χ3n) is 13.8. The Kier molecular flexibility index (Phi) is 18.2. The molecule has 0 radical (unpaired) electrons. The molecule has 2 aromatic heterocycles. The van der Waals surface area contributed by atoms with Crippen molar-refractivity contribution in [2.24, 2.45) is 0 Å². The van der Waals surface area contributed by atoms with E-state index in [0.717, 1.165) is 103 Å². The van der Waals surface area contributed by atoms with Gasteiger partial charge in [-0.2, -0.15) is 0 Å². The number of hydrogen-bond donors (Lipinski definition) is 2. The lowest BCUT2D eigenvalue weighted by molar-refractivity contribution is -0.538. The van der Waals surface area contributed by atoms with Gasteiger partial charge in [0.1, 0.15) is 44.5 Å². The first kappa shape index (κ1) is 61.7. The SMILES string of the molecule is Cc1cc2nc3cc(C)c(N(CCCCCCCCN(C(=O)OC(C)(C)C)c4cc5c(cc4C)nc4cc(C)c(NC(=O)OC(C)(C)C)cc4[n+]5-c4ccccc4)C(=O)OC(C)(C)C)cc3[n+](-c3ccccc3)c2cc1NC(=O)OC(C)(C)C. The van der Waals surface area contributed by atoms with Crippen LogP contribution >= 0.6 is 0 Å². The predicted octanol–water partition coefficient (Wildman–Crippen LogP) is 16.1. The van der Waals surface area contributed by atoms with E-state index in [9.17, 15) is 19.2 Å². The molecule has 0 fully saturated rings. The lowest BCUT2D eigenvalue weighted by Crippen LogP contribution is -2.38. The summed E-state index contributed by atoms with van der Waals surface area (Å²) in [5, 5.41) is 5.90. The molecule has 0 bridgehead atoms. The molecule has 0 aliphatic rings. The van der Waals surface area contributed by atoms with Gasteiger partial charge in [-0.05, 0) is 170 Å². The van der Waals surface area contributed by atoms with Crippen molar-refractivity contribution in [2.45, 2.75) is 172 Å². The number of aryl methyl sites for hydroxylation is 4. The van der Waals surface area contributed by atoms with Crippen molar-refractivity contribution in [1.82, 2.24) is 9.97 Å².